The van der Waals surface area contributed by atoms with Gasteiger partial charge in [0.25, 0.3) is 0 Å². The quantitative estimate of drug-likeness (QED) is 0.768. The molecule has 1 aromatic carbocycles. The number of ether oxygens (including phenoxy) is 1. The van der Waals surface area contributed by atoms with E-state index in [4.69, 9.17) is 9.57 Å². The van der Waals surface area contributed by atoms with E-state index in [0.717, 1.165) is 15.6 Å². The van der Waals surface area contributed by atoms with E-state index < -0.39 is 11.5 Å². The third kappa shape index (κ3) is 4.34. The molecule has 1 amide bonds. The van der Waals surface area contributed by atoms with E-state index >= 15 is 0 Å². The van der Waals surface area contributed by atoms with E-state index in [2.05, 4.69) is 21.2 Å². The summed E-state index contributed by atoms with van der Waals surface area (Å²) < 4.78 is 5.86. The molecule has 7 heteroatoms. The van der Waals surface area contributed by atoms with E-state index in [1.807, 2.05) is 25.1 Å². The fourth-order valence-electron chi connectivity index (χ4n) is 2.94. The molecule has 1 N–H and O–H groups in total. The van der Waals surface area contributed by atoms with Crippen LogP contribution < -0.4 is 5.32 Å². The average Bonchev–Trinajstić information content (AvgIpc) is 2.58. The van der Waals surface area contributed by atoms with E-state index in [-0.39, 0.29) is 12.3 Å². The summed E-state index contributed by atoms with van der Waals surface area (Å²) in [6.45, 7) is 3.08. The summed E-state index contributed by atoms with van der Waals surface area (Å²) >= 11 is 3.42. The summed E-state index contributed by atoms with van der Waals surface area (Å²) in [6.07, 6.45) is 1.13. The predicted molar refractivity (Wildman–Crippen MR) is 93.3 cm³/mol. The van der Waals surface area contributed by atoms with Crippen molar-refractivity contribution in [3.63, 3.8) is 0 Å². The van der Waals surface area contributed by atoms with Gasteiger partial charge in [0.15, 0.2) is 0 Å². The van der Waals surface area contributed by atoms with Crippen LogP contribution in [-0.4, -0.2) is 49.8 Å². The van der Waals surface area contributed by atoms with Gasteiger partial charge in [-0.05, 0) is 43.0 Å². The number of aryl methyl sites for hydroxylation is 1. The minimum absolute atomic E-state index is 0.188. The van der Waals surface area contributed by atoms with E-state index in [1.54, 1.807) is 12.2 Å². The highest BCUT2D eigenvalue weighted by Gasteiger charge is 2.43. The SMILES string of the molecule is COC(=O)C1(NC(=O)Cc2cc(Br)ccc2C)CCN(OC)CC1. The van der Waals surface area contributed by atoms with Crippen molar-refractivity contribution < 1.29 is 19.2 Å². The average molecular weight is 399 g/mol. The van der Waals surface area contributed by atoms with Gasteiger partial charge < -0.3 is 14.9 Å². The number of esters is 1. The van der Waals surface area contributed by atoms with Crippen LogP contribution in [0.25, 0.3) is 0 Å². The molecule has 0 radical (unpaired) electrons. The summed E-state index contributed by atoms with van der Waals surface area (Å²) in [5.41, 5.74) is 0.978. The van der Waals surface area contributed by atoms with Crippen molar-refractivity contribution in [3.05, 3.63) is 33.8 Å². The van der Waals surface area contributed by atoms with Gasteiger partial charge in [0, 0.05) is 17.6 Å². The molecule has 2 rings (SSSR count). The summed E-state index contributed by atoms with van der Waals surface area (Å²) in [6, 6.07) is 5.82. The van der Waals surface area contributed by atoms with Crippen LogP contribution in [0, 0.1) is 6.92 Å². The molecule has 0 saturated carbocycles. The minimum atomic E-state index is -0.985. The van der Waals surface area contributed by atoms with E-state index in [9.17, 15) is 9.59 Å². The molecule has 6 nitrogen and oxygen atoms in total. The summed E-state index contributed by atoms with van der Waals surface area (Å²) in [7, 11) is 2.94. The molecule has 0 aliphatic carbocycles. The zero-order valence-electron chi connectivity index (χ0n) is 14.2. The van der Waals surface area contributed by atoms with Gasteiger partial charge in [-0.25, -0.2) is 4.79 Å². The monoisotopic (exact) mass is 398 g/mol. The molecular formula is C17H23BrN2O4. The Morgan fingerprint density at radius 2 is 1.96 bits per heavy atom. The normalized spacial score (nSPS) is 17.3. The Morgan fingerprint density at radius 1 is 1.29 bits per heavy atom. The first kappa shape index (κ1) is 18.9. The number of nitrogens with zero attached hydrogens (tertiary/aromatic N) is 1. The number of carbonyl (C=O) groups is 2. The zero-order chi connectivity index (χ0) is 17.7. The molecule has 24 heavy (non-hydrogen) atoms. The molecule has 1 heterocycles. The first-order valence-electron chi connectivity index (χ1n) is 7.84. The zero-order valence-corrected chi connectivity index (χ0v) is 15.8. The van der Waals surface area contributed by atoms with Crippen LogP contribution in [0.2, 0.25) is 0 Å². The second-order valence-electron chi connectivity index (χ2n) is 5.98. The maximum atomic E-state index is 12.5. The van der Waals surface area contributed by atoms with Crippen LogP contribution in [-0.2, 0) is 25.6 Å². The number of hydroxylamine groups is 2. The van der Waals surface area contributed by atoms with Crippen LogP contribution in [0.3, 0.4) is 0 Å². The van der Waals surface area contributed by atoms with Gasteiger partial charge in [0.1, 0.15) is 5.54 Å². The molecule has 1 aliphatic heterocycles. The van der Waals surface area contributed by atoms with Crippen molar-refractivity contribution in [1.82, 2.24) is 10.4 Å². The molecule has 1 saturated heterocycles. The van der Waals surface area contributed by atoms with Crippen molar-refractivity contribution in [1.29, 1.82) is 0 Å². The molecule has 0 aromatic heterocycles. The summed E-state index contributed by atoms with van der Waals surface area (Å²) in [4.78, 5) is 30.0. The van der Waals surface area contributed by atoms with E-state index in [1.165, 1.54) is 7.11 Å². The van der Waals surface area contributed by atoms with Crippen molar-refractivity contribution >= 4 is 27.8 Å². The number of hydrogen-bond acceptors (Lipinski definition) is 5. The van der Waals surface area contributed by atoms with Gasteiger partial charge in [0.2, 0.25) is 5.91 Å². The topological polar surface area (TPSA) is 67.9 Å². The predicted octanol–water partition coefficient (Wildman–Crippen LogP) is 1.99. The van der Waals surface area contributed by atoms with Crippen molar-refractivity contribution in [3.8, 4) is 0 Å². The highest BCUT2D eigenvalue weighted by atomic mass is 79.9. The Morgan fingerprint density at radius 3 is 2.54 bits per heavy atom. The molecule has 0 bridgehead atoms. The molecule has 1 fully saturated rings. The summed E-state index contributed by atoms with van der Waals surface area (Å²) in [5.74, 6) is -0.593. The lowest BCUT2D eigenvalue weighted by molar-refractivity contribution is -0.171. The fourth-order valence-corrected chi connectivity index (χ4v) is 3.35. The Balaban J connectivity index is 2.10. The van der Waals surface area contributed by atoms with E-state index in [0.29, 0.717) is 25.9 Å². The van der Waals surface area contributed by atoms with Crippen molar-refractivity contribution in [2.45, 2.75) is 31.7 Å². The van der Waals surface area contributed by atoms with Crippen LogP contribution in [0.4, 0.5) is 0 Å². The minimum Gasteiger partial charge on any atom is -0.467 e. The third-order valence-corrected chi connectivity index (χ3v) is 4.94. The largest absolute Gasteiger partial charge is 0.467 e. The Hall–Kier alpha value is -1.44. The smallest absolute Gasteiger partial charge is 0.331 e. The first-order valence-corrected chi connectivity index (χ1v) is 8.63. The van der Waals surface area contributed by atoms with Crippen LogP contribution >= 0.6 is 15.9 Å². The molecule has 132 valence electrons. The highest BCUT2D eigenvalue weighted by Crippen LogP contribution is 2.25. The Labute approximate surface area is 150 Å². The lowest BCUT2D eigenvalue weighted by Gasteiger charge is -2.39. The molecule has 1 aliphatic rings. The second-order valence-corrected chi connectivity index (χ2v) is 6.90. The number of amides is 1. The summed E-state index contributed by atoms with van der Waals surface area (Å²) in [5, 5.41) is 4.68. The van der Waals surface area contributed by atoms with Crippen LogP contribution in [0.1, 0.15) is 24.0 Å². The number of piperidine rings is 1. The maximum absolute atomic E-state index is 12.5. The van der Waals surface area contributed by atoms with Crippen LogP contribution in [0.15, 0.2) is 22.7 Å². The van der Waals surface area contributed by atoms with Crippen molar-refractivity contribution in [2.24, 2.45) is 0 Å². The van der Waals surface area contributed by atoms with Crippen LogP contribution in [0.5, 0.6) is 0 Å². The molecule has 0 spiro atoms. The van der Waals surface area contributed by atoms with Gasteiger partial charge in [-0.1, -0.05) is 22.0 Å². The standard InChI is InChI=1S/C17H23BrN2O4/c1-12-4-5-14(18)10-13(12)11-15(21)19-17(16(22)23-2)6-8-20(24-3)9-7-17/h4-5,10H,6-9,11H2,1-3H3,(H,19,21). The van der Waals surface area contributed by atoms with Gasteiger partial charge >= 0.3 is 5.97 Å². The molecular weight excluding hydrogens is 376 g/mol. The molecule has 1 aromatic rings. The van der Waals surface area contributed by atoms with Gasteiger partial charge in [-0.3, -0.25) is 4.79 Å². The van der Waals surface area contributed by atoms with Gasteiger partial charge in [0.05, 0.1) is 20.6 Å². The van der Waals surface area contributed by atoms with Gasteiger partial charge in [-0.2, -0.15) is 5.06 Å². The first-order chi connectivity index (χ1) is 11.4. The lowest BCUT2D eigenvalue weighted by atomic mass is 9.87. The molecule has 0 atom stereocenters. The number of hydrogen-bond donors (Lipinski definition) is 1. The third-order valence-electron chi connectivity index (χ3n) is 4.45. The number of carbonyl (C=O) groups excluding carboxylic acids is 2. The molecule has 0 unspecified atom stereocenters. The maximum Gasteiger partial charge on any atom is 0.331 e. The fraction of sp³-hybridized carbons (Fsp3) is 0.529. The highest BCUT2D eigenvalue weighted by molar-refractivity contribution is 9.10. The number of halogens is 1. The van der Waals surface area contributed by atoms with Gasteiger partial charge in [-0.15, -0.1) is 0 Å². The number of methoxy groups -OCH3 is 1. The number of nitrogens with one attached hydrogen (secondary N) is 1. The number of rotatable bonds is 5. The lowest BCUT2D eigenvalue weighted by Crippen LogP contribution is -2.60. The Kier molecular flexibility index (Phi) is 6.37. The second kappa shape index (κ2) is 8.09. The Bertz CT molecular complexity index is 613. The van der Waals surface area contributed by atoms with Crippen molar-refractivity contribution in [2.75, 3.05) is 27.3 Å². The number of benzene rings is 1.